The van der Waals surface area contributed by atoms with Crippen LogP contribution in [0.3, 0.4) is 0 Å². The fourth-order valence-corrected chi connectivity index (χ4v) is 9.15. The van der Waals surface area contributed by atoms with Gasteiger partial charge in [-0.25, -0.2) is 0 Å². The van der Waals surface area contributed by atoms with E-state index in [1.807, 2.05) is 30.5 Å². The molecule has 7 rings (SSSR count). The number of fused-ring (bicyclic) bond motifs is 3. The van der Waals surface area contributed by atoms with Gasteiger partial charge >= 0.3 is 0 Å². The molecule has 1 radical (unpaired) electrons. The Hall–Kier alpha value is -4.15. The molecule has 0 spiro atoms. The molecule has 0 atom stereocenters. The van der Waals surface area contributed by atoms with E-state index in [-0.39, 0.29) is 36.4 Å². The van der Waals surface area contributed by atoms with Crippen LogP contribution in [0.4, 0.5) is 0 Å². The van der Waals surface area contributed by atoms with Gasteiger partial charge in [-0.1, -0.05) is 160 Å². The first-order valence-corrected chi connectivity index (χ1v) is 24.5. The average Bonchev–Trinajstić information content (AvgIpc) is 3.51. The maximum Gasteiger partial charge on any atom is 0.121 e. The number of pyridine rings is 2. The minimum atomic E-state index is -1.37. The van der Waals surface area contributed by atoms with Crippen molar-refractivity contribution in [2.75, 3.05) is 0 Å². The quantitative estimate of drug-likeness (QED) is 0.118. The van der Waals surface area contributed by atoms with Crippen LogP contribution in [-0.4, -0.2) is 18.0 Å². The molecule has 59 heavy (non-hydrogen) atoms. The molecular weight excluding hydrogens is 913 g/mol. The van der Waals surface area contributed by atoms with Crippen LogP contribution in [0.5, 0.6) is 0 Å². The molecule has 0 bridgehead atoms. The second-order valence-electron chi connectivity index (χ2n) is 20.8. The van der Waals surface area contributed by atoms with Gasteiger partial charge in [0, 0.05) is 37.9 Å². The summed E-state index contributed by atoms with van der Waals surface area (Å²) < 4.78 is 6.54. The summed E-state index contributed by atoms with van der Waals surface area (Å²) in [5.41, 5.74) is 14.0. The van der Waals surface area contributed by atoms with Crippen LogP contribution in [0, 0.1) is 23.5 Å². The number of benzene rings is 4. The summed E-state index contributed by atoms with van der Waals surface area (Å²) in [6, 6.07) is 39.1. The number of nitrogens with zero attached hydrogens (tertiary/aromatic N) is 2. The molecular formula is C54H64IrN2OSi-2. The predicted octanol–water partition coefficient (Wildman–Crippen LogP) is 14.6. The Kier molecular flexibility index (Phi) is 13.9. The van der Waals surface area contributed by atoms with E-state index in [2.05, 4.69) is 186 Å². The van der Waals surface area contributed by atoms with Crippen LogP contribution >= 0.6 is 0 Å². The van der Waals surface area contributed by atoms with Gasteiger partial charge in [-0.3, -0.25) is 0 Å². The zero-order chi connectivity index (χ0) is 42.2. The minimum Gasteiger partial charge on any atom is -0.501 e. The van der Waals surface area contributed by atoms with Crippen molar-refractivity contribution in [2.24, 2.45) is 11.3 Å². The first-order valence-electron chi connectivity index (χ1n) is 21.0. The third-order valence-electron chi connectivity index (χ3n) is 10.7. The molecule has 0 saturated carbocycles. The Morgan fingerprint density at radius 1 is 0.678 bits per heavy atom. The largest absolute Gasteiger partial charge is 0.501 e. The normalized spacial score (nSPS) is 12.4. The number of hydrogen-bond acceptors (Lipinski definition) is 3. The van der Waals surface area contributed by atoms with Gasteiger partial charge in [-0.15, -0.1) is 54.1 Å². The molecule has 0 fully saturated rings. The van der Waals surface area contributed by atoms with Crippen molar-refractivity contribution in [3.05, 3.63) is 138 Å². The van der Waals surface area contributed by atoms with E-state index >= 15 is 0 Å². The van der Waals surface area contributed by atoms with Crippen molar-refractivity contribution in [1.82, 2.24) is 9.97 Å². The Morgan fingerprint density at radius 2 is 1.37 bits per heavy atom. The fraction of sp³-hybridized carbons (Fsp3) is 0.370. The van der Waals surface area contributed by atoms with E-state index < -0.39 is 8.07 Å². The van der Waals surface area contributed by atoms with Crippen LogP contribution in [-0.2, 0) is 43.8 Å². The Bertz CT molecular complexity index is 2490. The van der Waals surface area contributed by atoms with E-state index in [4.69, 9.17) is 9.40 Å². The molecule has 0 aliphatic carbocycles. The van der Waals surface area contributed by atoms with Crippen molar-refractivity contribution in [3.8, 4) is 33.6 Å². The van der Waals surface area contributed by atoms with Gasteiger partial charge in [0.25, 0.3) is 0 Å². The van der Waals surface area contributed by atoms with Crippen LogP contribution in [0.25, 0.3) is 55.6 Å². The summed E-state index contributed by atoms with van der Waals surface area (Å²) in [5, 5.41) is 3.71. The third-order valence-corrected chi connectivity index (χ3v) is 12.7. The van der Waals surface area contributed by atoms with Gasteiger partial charge in [0.15, 0.2) is 0 Å². The second kappa shape index (κ2) is 17.8. The summed E-state index contributed by atoms with van der Waals surface area (Å²) in [6.45, 7) is 32.3. The Labute approximate surface area is 369 Å². The van der Waals surface area contributed by atoms with E-state index in [1.54, 1.807) is 0 Å². The van der Waals surface area contributed by atoms with Gasteiger partial charge in [0.05, 0.1) is 13.7 Å². The van der Waals surface area contributed by atoms with Crippen LogP contribution in [0.2, 0.25) is 19.6 Å². The molecule has 0 unspecified atom stereocenters. The first-order chi connectivity index (χ1) is 27.1. The maximum atomic E-state index is 6.54. The summed E-state index contributed by atoms with van der Waals surface area (Å²) in [4.78, 5) is 9.39. The van der Waals surface area contributed by atoms with Crippen molar-refractivity contribution in [2.45, 2.75) is 119 Å². The van der Waals surface area contributed by atoms with E-state index in [9.17, 15) is 0 Å². The molecule has 0 saturated heterocycles. The molecule has 3 nitrogen and oxygen atoms in total. The molecule has 0 N–H and O–H groups in total. The Balaban J connectivity index is 0.000000256. The summed E-state index contributed by atoms with van der Waals surface area (Å²) in [7, 11) is -1.37. The van der Waals surface area contributed by atoms with Gasteiger partial charge in [0.2, 0.25) is 0 Å². The Morgan fingerprint density at radius 3 is 1.97 bits per heavy atom. The number of aromatic nitrogens is 2. The third kappa shape index (κ3) is 11.4. The molecule has 0 aliphatic heterocycles. The molecule has 311 valence electrons. The van der Waals surface area contributed by atoms with E-state index in [1.165, 1.54) is 38.6 Å². The second-order valence-corrected chi connectivity index (χ2v) is 25.9. The van der Waals surface area contributed by atoms with E-state index in [0.29, 0.717) is 5.92 Å². The molecule has 3 aromatic heterocycles. The fourth-order valence-electron chi connectivity index (χ4n) is 7.57. The topological polar surface area (TPSA) is 38.9 Å². The standard InChI is InChI=1S/C35H38NO.C19H26NSi.Ir/c1-22(2)16-23-14-15-36-31(17-23)30-11-9-10-29-28-13-12-24(20-32(28)37-33(29)30)25-18-26(34(3,4)5)21-27(19-25)35(6,7)8;1-19(2,3)13-16-12-17(15-10-8-7-9-11-15)20-14-18(16)21(4,5)6;/h9-10,12-15,17-22H,16H2,1-8H3;7-10,12,14H,13H2,1-6H3;/q2*-1;. The first kappa shape index (κ1) is 45.9. The summed E-state index contributed by atoms with van der Waals surface area (Å²) in [5.74, 6) is 0.593. The molecule has 5 heteroatoms. The molecule has 0 aliphatic rings. The zero-order valence-corrected chi connectivity index (χ0v) is 41.3. The maximum absolute atomic E-state index is 6.54. The van der Waals surface area contributed by atoms with Gasteiger partial charge in [0.1, 0.15) is 5.58 Å². The summed E-state index contributed by atoms with van der Waals surface area (Å²) in [6.07, 6.45) is 6.13. The van der Waals surface area contributed by atoms with Crippen LogP contribution < -0.4 is 5.19 Å². The molecule has 7 aromatic rings. The van der Waals surface area contributed by atoms with Gasteiger partial charge in [-0.2, -0.15) is 0 Å². The minimum absolute atomic E-state index is 0. The van der Waals surface area contributed by atoms with Crippen molar-refractivity contribution in [3.63, 3.8) is 0 Å². The smallest absolute Gasteiger partial charge is 0.121 e. The van der Waals surface area contributed by atoms with Crippen LogP contribution in [0.15, 0.2) is 108 Å². The van der Waals surface area contributed by atoms with Crippen molar-refractivity contribution in [1.29, 1.82) is 0 Å². The number of furan rings is 1. The molecule has 4 aromatic carbocycles. The van der Waals surface area contributed by atoms with Gasteiger partial charge in [-0.05, 0) is 86.0 Å². The van der Waals surface area contributed by atoms with Crippen molar-refractivity contribution >= 4 is 35.2 Å². The number of rotatable bonds is 7. The van der Waals surface area contributed by atoms with Crippen LogP contribution in [0.1, 0.15) is 98.4 Å². The zero-order valence-electron chi connectivity index (χ0n) is 37.9. The SMILES string of the molecule is CC(C)(C)Cc1cc(-c2[c-]cccc2)ncc1[Si](C)(C)C.CC(C)Cc1ccnc(-c2[c-]ccc3c2oc2cc(-c4cc(C(C)(C)C)cc(C(C)(C)C)c4)ccc23)c1.[Ir]. The molecule has 0 amide bonds. The number of hydrogen-bond donors (Lipinski definition) is 0. The van der Waals surface area contributed by atoms with E-state index in [0.717, 1.165) is 57.3 Å². The monoisotopic (exact) mass is 977 g/mol. The van der Waals surface area contributed by atoms with Gasteiger partial charge < -0.3 is 14.4 Å². The molecule has 3 heterocycles. The predicted molar refractivity (Wildman–Crippen MR) is 252 cm³/mol. The average molecular weight is 977 g/mol. The summed E-state index contributed by atoms with van der Waals surface area (Å²) >= 11 is 0. The van der Waals surface area contributed by atoms with Crippen molar-refractivity contribution < 1.29 is 24.5 Å².